The lowest BCUT2D eigenvalue weighted by Gasteiger charge is -2.26. The van der Waals surface area contributed by atoms with Crippen molar-refractivity contribution in [3.63, 3.8) is 0 Å². The minimum absolute atomic E-state index is 0.0680. The molecule has 0 aliphatic rings. The van der Waals surface area contributed by atoms with Crippen molar-refractivity contribution >= 4 is 39.5 Å². The van der Waals surface area contributed by atoms with Crippen LogP contribution in [0.4, 0.5) is 10.6 Å². The molecular weight excluding hydrogens is 378 g/mol. The van der Waals surface area contributed by atoms with Crippen LogP contribution in [-0.2, 0) is 10.3 Å². The predicted molar refractivity (Wildman–Crippen MR) is 108 cm³/mol. The number of nitrogens with two attached hydrogens (primary N) is 1. The lowest BCUT2D eigenvalue weighted by Crippen LogP contribution is -2.40. The van der Waals surface area contributed by atoms with Gasteiger partial charge in [-0.15, -0.1) is 5.10 Å². The van der Waals surface area contributed by atoms with Crippen LogP contribution in [0.25, 0.3) is 10.3 Å². The van der Waals surface area contributed by atoms with Crippen LogP contribution in [0.5, 0.6) is 0 Å². The first-order valence-corrected chi connectivity index (χ1v) is 9.56. The Bertz CT molecular complexity index is 1030. The second kappa shape index (κ2) is 6.90. The zero-order valence-electron chi connectivity index (χ0n) is 16.4. The van der Waals surface area contributed by atoms with Crippen molar-refractivity contribution in [2.45, 2.75) is 45.8 Å². The van der Waals surface area contributed by atoms with E-state index in [4.69, 9.17) is 10.5 Å². The minimum atomic E-state index is -0.686. The van der Waals surface area contributed by atoms with Crippen molar-refractivity contribution in [1.82, 2.24) is 20.1 Å². The number of ether oxygens (including phenoxy) is 1. The third-order valence-electron chi connectivity index (χ3n) is 3.93. The van der Waals surface area contributed by atoms with Gasteiger partial charge < -0.3 is 15.8 Å². The Morgan fingerprint density at radius 3 is 2.39 bits per heavy atom. The van der Waals surface area contributed by atoms with Crippen LogP contribution in [-0.4, -0.2) is 32.4 Å². The zero-order chi connectivity index (χ0) is 20.7. The lowest BCUT2D eigenvalue weighted by atomic mass is 9.94. The summed E-state index contributed by atoms with van der Waals surface area (Å²) in [5, 5.41) is 7.16. The SMILES string of the molecule is CC(C)(C)OC(=O)n1nc(N)c2nc(C(=O)NC(C)(C)c3ccccc3)sc21. The molecule has 3 aromatic rings. The Labute approximate surface area is 166 Å². The number of amides is 1. The normalized spacial score (nSPS) is 12.2. The number of carbonyl (C=O) groups is 2. The molecular formula is C19H23N5O3S. The molecule has 0 aliphatic heterocycles. The third-order valence-corrected chi connectivity index (χ3v) is 4.96. The van der Waals surface area contributed by atoms with Crippen LogP contribution < -0.4 is 11.1 Å². The van der Waals surface area contributed by atoms with E-state index in [1.807, 2.05) is 44.2 Å². The molecule has 148 valence electrons. The maximum atomic E-state index is 12.8. The minimum Gasteiger partial charge on any atom is -0.442 e. The molecule has 28 heavy (non-hydrogen) atoms. The number of anilines is 1. The molecule has 2 heterocycles. The Kier molecular flexibility index (Phi) is 4.88. The van der Waals surface area contributed by atoms with E-state index in [1.54, 1.807) is 20.8 Å². The highest BCUT2D eigenvalue weighted by molar-refractivity contribution is 7.20. The number of hydrogen-bond donors (Lipinski definition) is 2. The second-order valence-electron chi connectivity index (χ2n) is 7.90. The van der Waals surface area contributed by atoms with Gasteiger partial charge in [-0.05, 0) is 40.2 Å². The molecule has 0 unspecified atom stereocenters. The maximum Gasteiger partial charge on any atom is 0.436 e. The summed E-state index contributed by atoms with van der Waals surface area (Å²) in [5.41, 5.74) is 5.87. The highest BCUT2D eigenvalue weighted by atomic mass is 32.1. The zero-order valence-corrected chi connectivity index (χ0v) is 17.3. The number of aromatic nitrogens is 3. The fourth-order valence-electron chi connectivity index (χ4n) is 2.61. The average molecular weight is 401 g/mol. The molecule has 0 aliphatic carbocycles. The monoisotopic (exact) mass is 401 g/mol. The topological polar surface area (TPSA) is 112 Å². The van der Waals surface area contributed by atoms with Gasteiger partial charge in [0.25, 0.3) is 5.91 Å². The largest absolute Gasteiger partial charge is 0.442 e. The Morgan fingerprint density at radius 2 is 1.79 bits per heavy atom. The van der Waals surface area contributed by atoms with Gasteiger partial charge in [-0.25, -0.2) is 9.78 Å². The molecule has 0 radical (unpaired) electrons. The van der Waals surface area contributed by atoms with E-state index >= 15 is 0 Å². The first-order chi connectivity index (χ1) is 13.0. The van der Waals surface area contributed by atoms with Crippen LogP contribution in [0.3, 0.4) is 0 Å². The van der Waals surface area contributed by atoms with Gasteiger partial charge in [-0.2, -0.15) is 4.68 Å². The molecule has 0 atom stereocenters. The highest BCUT2D eigenvalue weighted by Gasteiger charge is 2.28. The van der Waals surface area contributed by atoms with Gasteiger partial charge in [0.05, 0.1) is 5.54 Å². The molecule has 0 bridgehead atoms. The van der Waals surface area contributed by atoms with Gasteiger partial charge in [0.15, 0.2) is 15.7 Å². The van der Waals surface area contributed by atoms with E-state index < -0.39 is 17.2 Å². The summed E-state index contributed by atoms with van der Waals surface area (Å²) >= 11 is 1.04. The van der Waals surface area contributed by atoms with Crippen molar-refractivity contribution in [3.8, 4) is 0 Å². The molecule has 9 heteroatoms. The van der Waals surface area contributed by atoms with Crippen molar-refractivity contribution in [1.29, 1.82) is 0 Å². The lowest BCUT2D eigenvalue weighted by molar-refractivity contribution is 0.0523. The summed E-state index contributed by atoms with van der Waals surface area (Å²) in [4.78, 5) is 29.8. The predicted octanol–water partition coefficient (Wildman–Crippen LogP) is 3.52. The smallest absolute Gasteiger partial charge is 0.436 e. The fourth-order valence-corrected chi connectivity index (χ4v) is 3.53. The van der Waals surface area contributed by atoms with E-state index in [0.29, 0.717) is 10.3 Å². The van der Waals surface area contributed by atoms with Crippen LogP contribution >= 0.6 is 11.3 Å². The number of hydrogen-bond acceptors (Lipinski definition) is 7. The Hall–Kier alpha value is -2.94. The number of carbonyl (C=O) groups excluding carboxylic acids is 2. The van der Waals surface area contributed by atoms with Crippen LogP contribution in [0.1, 0.15) is 50.0 Å². The van der Waals surface area contributed by atoms with E-state index in [2.05, 4.69) is 15.4 Å². The van der Waals surface area contributed by atoms with Gasteiger partial charge in [-0.3, -0.25) is 4.79 Å². The van der Waals surface area contributed by atoms with Gasteiger partial charge in [0, 0.05) is 0 Å². The number of thiazole rings is 1. The second-order valence-corrected chi connectivity index (χ2v) is 8.87. The van der Waals surface area contributed by atoms with Gasteiger partial charge in [0.1, 0.15) is 11.1 Å². The molecule has 3 N–H and O–H groups in total. The molecule has 8 nitrogen and oxygen atoms in total. The fraction of sp³-hybridized carbons (Fsp3) is 0.368. The van der Waals surface area contributed by atoms with Gasteiger partial charge in [-0.1, -0.05) is 41.7 Å². The summed E-state index contributed by atoms with van der Waals surface area (Å²) in [6.07, 6.45) is -0.672. The molecule has 0 spiro atoms. The van der Waals surface area contributed by atoms with Crippen LogP contribution in [0, 0.1) is 0 Å². The average Bonchev–Trinajstić information content (AvgIpc) is 3.15. The third kappa shape index (κ3) is 3.99. The maximum absolute atomic E-state index is 12.8. The van der Waals surface area contributed by atoms with E-state index in [-0.39, 0.29) is 16.7 Å². The highest BCUT2D eigenvalue weighted by Crippen LogP contribution is 2.28. The van der Waals surface area contributed by atoms with E-state index in [1.165, 1.54) is 0 Å². The van der Waals surface area contributed by atoms with Crippen molar-refractivity contribution in [2.24, 2.45) is 0 Å². The summed E-state index contributed by atoms with van der Waals surface area (Å²) in [6, 6.07) is 9.63. The summed E-state index contributed by atoms with van der Waals surface area (Å²) < 4.78 is 6.39. The molecule has 3 rings (SSSR count). The molecule has 0 fully saturated rings. The van der Waals surface area contributed by atoms with Crippen LogP contribution in [0.2, 0.25) is 0 Å². The Balaban J connectivity index is 1.89. The first-order valence-electron chi connectivity index (χ1n) is 8.74. The molecule has 1 amide bonds. The van der Waals surface area contributed by atoms with E-state index in [0.717, 1.165) is 21.6 Å². The van der Waals surface area contributed by atoms with Crippen molar-refractivity contribution in [2.75, 3.05) is 5.73 Å². The van der Waals surface area contributed by atoms with Crippen molar-refractivity contribution in [3.05, 3.63) is 40.9 Å². The number of benzene rings is 1. The Morgan fingerprint density at radius 1 is 1.14 bits per heavy atom. The summed E-state index contributed by atoms with van der Waals surface area (Å²) in [5.74, 6) is -0.288. The number of nitrogens with zero attached hydrogens (tertiary/aromatic N) is 3. The summed E-state index contributed by atoms with van der Waals surface area (Å²) in [6.45, 7) is 9.08. The number of rotatable bonds is 3. The van der Waals surface area contributed by atoms with Crippen LogP contribution in [0.15, 0.2) is 30.3 Å². The number of nitrogen functional groups attached to an aromatic ring is 1. The van der Waals surface area contributed by atoms with Crippen molar-refractivity contribution < 1.29 is 14.3 Å². The number of nitrogens with one attached hydrogen (secondary N) is 1. The molecule has 0 saturated heterocycles. The molecule has 1 aromatic carbocycles. The quantitative estimate of drug-likeness (QED) is 0.694. The van der Waals surface area contributed by atoms with Gasteiger partial charge in [0.2, 0.25) is 0 Å². The summed E-state index contributed by atoms with van der Waals surface area (Å²) in [7, 11) is 0. The first kappa shape index (κ1) is 19.8. The standard InChI is InChI=1S/C19H23N5O3S/c1-18(2,3)27-17(26)24-16-12(13(20)23-24)21-15(28-16)14(25)22-19(4,5)11-9-7-6-8-10-11/h6-10H,1-5H3,(H2,20,23)(H,22,25). The molecule has 2 aromatic heterocycles. The van der Waals surface area contributed by atoms with Gasteiger partial charge >= 0.3 is 6.09 Å². The number of fused-ring (bicyclic) bond motifs is 1. The molecule has 0 saturated carbocycles. The van der Waals surface area contributed by atoms with E-state index in [9.17, 15) is 9.59 Å².